The second-order valence-electron chi connectivity index (χ2n) is 5.34. The molecule has 5 heteroatoms. The lowest BCUT2D eigenvalue weighted by atomic mass is 10.0. The number of aromatic nitrogens is 4. The van der Waals surface area contributed by atoms with Gasteiger partial charge in [-0.15, -0.1) is 10.2 Å². The van der Waals surface area contributed by atoms with Crippen molar-refractivity contribution < 1.29 is 4.79 Å². The highest BCUT2D eigenvalue weighted by Gasteiger charge is 2.68. The topological polar surface area (TPSA) is 60.7 Å². The Balaban J connectivity index is 2.26. The molecule has 82 valence electrons. The van der Waals surface area contributed by atoms with Crippen LogP contribution in [0.5, 0.6) is 0 Å². The first-order valence-corrected chi connectivity index (χ1v) is 5.06. The van der Waals surface area contributed by atoms with Crippen LogP contribution in [0.25, 0.3) is 0 Å². The third kappa shape index (κ3) is 1.22. The van der Waals surface area contributed by atoms with Crippen LogP contribution >= 0.6 is 0 Å². The molecule has 1 fully saturated rings. The molecule has 0 N–H and O–H groups in total. The van der Waals surface area contributed by atoms with Gasteiger partial charge in [0.1, 0.15) is 0 Å². The minimum absolute atomic E-state index is 0.00852. The predicted octanol–water partition coefficient (Wildman–Crippen LogP) is 1.08. The second-order valence-corrected chi connectivity index (χ2v) is 5.34. The Hall–Kier alpha value is -1.26. The Morgan fingerprint density at radius 1 is 1.27 bits per heavy atom. The molecular formula is C10H16N4O. The van der Waals surface area contributed by atoms with E-state index in [1.54, 1.807) is 7.05 Å². The summed E-state index contributed by atoms with van der Waals surface area (Å²) in [6.45, 7) is 8.41. The monoisotopic (exact) mass is 208 g/mol. The SMILES string of the molecule is Cn1nnc(C(=O)C2C(C)(C)C2(C)C)n1. The Labute approximate surface area is 88.9 Å². The van der Waals surface area contributed by atoms with Crippen LogP contribution in [0, 0.1) is 16.7 Å². The van der Waals surface area contributed by atoms with Gasteiger partial charge in [-0.1, -0.05) is 27.7 Å². The van der Waals surface area contributed by atoms with Gasteiger partial charge in [0.05, 0.1) is 7.05 Å². The van der Waals surface area contributed by atoms with Gasteiger partial charge >= 0.3 is 0 Å². The molecule has 1 aliphatic carbocycles. The number of hydrogen-bond donors (Lipinski definition) is 0. The molecule has 0 amide bonds. The Kier molecular flexibility index (Phi) is 1.81. The van der Waals surface area contributed by atoms with E-state index in [1.807, 2.05) is 0 Å². The van der Waals surface area contributed by atoms with Crippen molar-refractivity contribution >= 4 is 5.78 Å². The van der Waals surface area contributed by atoms with Crippen LogP contribution in [0.1, 0.15) is 38.3 Å². The summed E-state index contributed by atoms with van der Waals surface area (Å²) < 4.78 is 0. The van der Waals surface area contributed by atoms with Crippen LogP contribution in [-0.4, -0.2) is 26.0 Å². The zero-order chi connectivity index (χ0) is 11.4. The number of carbonyl (C=O) groups is 1. The molecule has 1 heterocycles. The van der Waals surface area contributed by atoms with E-state index in [1.165, 1.54) is 4.80 Å². The average Bonchev–Trinajstić information content (AvgIpc) is 2.49. The van der Waals surface area contributed by atoms with Crippen LogP contribution in [0.3, 0.4) is 0 Å². The summed E-state index contributed by atoms with van der Waals surface area (Å²) in [4.78, 5) is 13.4. The maximum absolute atomic E-state index is 12.1. The van der Waals surface area contributed by atoms with Gasteiger partial charge in [0.25, 0.3) is 0 Å². The Morgan fingerprint density at radius 3 is 2.13 bits per heavy atom. The van der Waals surface area contributed by atoms with Crippen LogP contribution in [0.4, 0.5) is 0 Å². The molecule has 1 aromatic heterocycles. The van der Waals surface area contributed by atoms with E-state index < -0.39 is 0 Å². The van der Waals surface area contributed by atoms with Gasteiger partial charge in [-0.05, 0) is 16.0 Å². The highest BCUT2D eigenvalue weighted by Crippen LogP contribution is 2.68. The molecular weight excluding hydrogens is 192 g/mol. The van der Waals surface area contributed by atoms with Crippen molar-refractivity contribution in [1.29, 1.82) is 0 Å². The third-order valence-electron chi connectivity index (χ3n) is 4.01. The van der Waals surface area contributed by atoms with Crippen molar-refractivity contribution in [1.82, 2.24) is 20.2 Å². The molecule has 1 aliphatic rings. The number of ketones is 1. The van der Waals surface area contributed by atoms with E-state index >= 15 is 0 Å². The Bertz CT molecular complexity index is 405. The summed E-state index contributed by atoms with van der Waals surface area (Å²) in [5.74, 6) is 0.258. The Morgan fingerprint density at radius 2 is 1.80 bits per heavy atom. The molecule has 0 radical (unpaired) electrons. The summed E-state index contributed by atoms with van der Waals surface area (Å²) in [5, 5.41) is 11.4. The lowest BCUT2D eigenvalue weighted by Crippen LogP contribution is -2.10. The van der Waals surface area contributed by atoms with Crippen molar-refractivity contribution in [3.63, 3.8) is 0 Å². The lowest BCUT2D eigenvalue weighted by molar-refractivity contribution is 0.0934. The largest absolute Gasteiger partial charge is 0.290 e. The molecule has 0 aliphatic heterocycles. The lowest BCUT2D eigenvalue weighted by Gasteiger charge is -2.03. The van der Waals surface area contributed by atoms with Gasteiger partial charge in [-0.25, -0.2) is 0 Å². The fourth-order valence-corrected chi connectivity index (χ4v) is 2.36. The fourth-order valence-electron chi connectivity index (χ4n) is 2.36. The van der Waals surface area contributed by atoms with Crippen molar-refractivity contribution in [2.45, 2.75) is 27.7 Å². The number of nitrogens with zero attached hydrogens (tertiary/aromatic N) is 4. The van der Waals surface area contributed by atoms with E-state index in [0.29, 0.717) is 0 Å². The smallest absolute Gasteiger partial charge is 0.240 e. The molecule has 5 nitrogen and oxygen atoms in total. The summed E-state index contributed by atoms with van der Waals surface area (Å²) in [5.41, 5.74) is 0.0621. The van der Waals surface area contributed by atoms with Crippen molar-refractivity contribution in [3.8, 4) is 0 Å². The van der Waals surface area contributed by atoms with E-state index in [2.05, 4.69) is 43.1 Å². The van der Waals surface area contributed by atoms with E-state index in [9.17, 15) is 4.79 Å². The molecule has 1 aromatic rings. The molecule has 0 atom stereocenters. The normalized spacial score (nSPS) is 22.7. The first-order valence-electron chi connectivity index (χ1n) is 5.06. The molecule has 0 bridgehead atoms. The first kappa shape index (κ1) is 10.3. The molecule has 0 spiro atoms. The quantitative estimate of drug-likeness (QED) is 0.682. The summed E-state index contributed by atoms with van der Waals surface area (Å²) in [6.07, 6.45) is 0. The molecule has 0 saturated heterocycles. The molecule has 2 rings (SSSR count). The van der Waals surface area contributed by atoms with Crippen molar-refractivity contribution in [3.05, 3.63) is 5.82 Å². The predicted molar refractivity (Wildman–Crippen MR) is 54.2 cm³/mol. The second kappa shape index (κ2) is 2.65. The third-order valence-corrected chi connectivity index (χ3v) is 4.01. The number of tetrazole rings is 1. The zero-order valence-electron chi connectivity index (χ0n) is 9.77. The van der Waals surface area contributed by atoms with Gasteiger partial charge < -0.3 is 0 Å². The van der Waals surface area contributed by atoms with E-state index in [-0.39, 0.29) is 28.4 Å². The molecule has 0 unspecified atom stereocenters. The number of Topliss-reactive ketones (excluding diaryl/α,β-unsaturated/α-hetero) is 1. The first-order chi connectivity index (χ1) is 6.78. The van der Waals surface area contributed by atoms with Gasteiger partial charge in [-0.3, -0.25) is 4.79 Å². The number of hydrogen-bond acceptors (Lipinski definition) is 4. The van der Waals surface area contributed by atoms with Gasteiger partial charge in [0.2, 0.25) is 11.6 Å². The zero-order valence-corrected chi connectivity index (χ0v) is 9.77. The molecule has 1 saturated carbocycles. The molecule has 15 heavy (non-hydrogen) atoms. The standard InChI is InChI=1S/C10H16N4O/c1-9(2)7(10(9,3)4)6(15)8-11-13-14(5)12-8/h7H,1-5H3. The highest BCUT2D eigenvalue weighted by atomic mass is 16.1. The van der Waals surface area contributed by atoms with Crippen LogP contribution < -0.4 is 0 Å². The number of carbonyl (C=O) groups excluding carboxylic acids is 1. The van der Waals surface area contributed by atoms with Crippen LogP contribution in [0.15, 0.2) is 0 Å². The number of rotatable bonds is 2. The maximum Gasteiger partial charge on any atom is 0.240 e. The summed E-state index contributed by atoms with van der Waals surface area (Å²) in [7, 11) is 1.66. The molecule has 0 aromatic carbocycles. The van der Waals surface area contributed by atoms with Crippen molar-refractivity contribution in [2.75, 3.05) is 0 Å². The van der Waals surface area contributed by atoms with Crippen molar-refractivity contribution in [2.24, 2.45) is 23.8 Å². The van der Waals surface area contributed by atoms with Gasteiger partial charge in [0.15, 0.2) is 0 Å². The summed E-state index contributed by atoms with van der Waals surface area (Å²) in [6, 6.07) is 0. The van der Waals surface area contributed by atoms with Gasteiger partial charge in [-0.2, -0.15) is 4.80 Å². The van der Waals surface area contributed by atoms with Crippen LogP contribution in [-0.2, 0) is 7.05 Å². The van der Waals surface area contributed by atoms with E-state index in [0.717, 1.165) is 0 Å². The maximum atomic E-state index is 12.1. The fraction of sp³-hybridized carbons (Fsp3) is 0.800. The van der Waals surface area contributed by atoms with Crippen LogP contribution in [0.2, 0.25) is 0 Å². The average molecular weight is 208 g/mol. The number of aryl methyl sites for hydroxylation is 1. The van der Waals surface area contributed by atoms with E-state index in [4.69, 9.17) is 0 Å². The van der Waals surface area contributed by atoms with Gasteiger partial charge in [0, 0.05) is 5.92 Å². The highest BCUT2D eigenvalue weighted by molar-refractivity contribution is 5.97. The summed E-state index contributed by atoms with van der Waals surface area (Å²) >= 11 is 0. The minimum Gasteiger partial charge on any atom is -0.290 e. The minimum atomic E-state index is 0.00852.